The molecule has 2 saturated carbocycles. The van der Waals surface area contributed by atoms with Crippen molar-refractivity contribution in [3.05, 3.63) is 0 Å². The Morgan fingerprint density at radius 2 is 1.56 bits per heavy atom. The van der Waals surface area contributed by atoms with Crippen LogP contribution in [-0.2, 0) is 0 Å². The average Bonchev–Trinajstić information content (AvgIpc) is 2.92. The molecule has 1 heterocycles. The summed E-state index contributed by atoms with van der Waals surface area (Å²) < 4.78 is 0. The molecule has 0 bridgehead atoms. The van der Waals surface area contributed by atoms with Crippen molar-refractivity contribution in [2.45, 2.75) is 64.7 Å². The van der Waals surface area contributed by atoms with Crippen LogP contribution >= 0.6 is 0 Å². The Balaban J connectivity index is 1.66. The van der Waals surface area contributed by atoms with Gasteiger partial charge in [0.25, 0.3) is 0 Å². The van der Waals surface area contributed by atoms with Gasteiger partial charge in [-0.05, 0) is 55.5 Å². The Bertz CT molecular complexity index is 256. The molecule has 0 aromatic rings. The predicted octanol–water partition coefficient (Wildman–Crippen LogP) is 4.23. The second kappa shape index (κ2) is 5.94. The maximum atomic E-state index is 3.69. The largest absolute Gasteiger partial charge is 0.316 e. The third-order valence-corrected chi connectivity index (χ3v) is 6.17. The van der Waals surface area contributed by atoms with E-state index in [0.717, 1.165) is 29.6 Å². The molecule has 0 aromatic carbocycles. The molecule has 4 unspecified atom stereocenters. The second-order valence-corrected chi connectivity index (χ2v) is 7.40. The number of hydrogen-bond acceptors (Lipinski definition) is 1. The van der Waals surface area contributed by atoms with Crippen LogP contribution in [0.3, 0.4) is 0 Å². The summed E-state index contributed by atoms with van der Waals surface area (Å²) in [6.07, 6.45) is 13.6. The van der Waals surface area contributed by atoms with Crippen molar-refractivity contribution in [2.24, 2.45) is 29.6 Å². The summed E-state index contributed by atoms with van der Waals surface area (Å²) in [5, 5.41) is 3.69. The molecule has 1 nitrogen and oxygen atoms in total. The van der Waals surface area contributed by atoms with Crippen molar-refractivity contribution in [3.63, 3.8) is 0 Å². The summed E-state index contributed by atoms with van der Waals surface area (Å²) in [6.45, 7) is 5.11. The first-order valence-electron chi connectivity index (χ1n) is 8.55. The summed E-state index contributed by atoms with van der Waals surface area (Å²) in [6, 6.07) is 0. The zero-order valence-corrected chi connectivity index (χ0v) is 12.2. The van der Waals surface area contributed by atoms with Gasteiger partial charge in [-0.15, -0.1) is 0 Å². The highest BCUT2D eigenvalue weighted by Gasteiger charge is 2.38. The van der Waals surface area contributed by atoms with Crippen molar-refractivity contribution in [3.8, 4) is 0 Å². The maximum absolute atomic E-state index is 3.69. The standard InChI is InChI=1S/C17H31N/c1-13-5-4-8-15(11-13)16-9-10-18-12-17(16)14-6-2-3-7-14/h13-18H,2-12H2,1H3. The molecule has 1 N–H and O–H groups in total. The lowest BCUT2D eigenvalue weighted by atomic mass is 9.65. The highest BCUT2D eigenvalue weighted by Crippen LogP contribution is 2.45. The summed E-state index contributed by atoms with van der Waals surface area (Å²) in [5.41, 5.74) is 0. The lowest BCUT2D eigenvalue weighted by molar-refractivity contribution is 0.0847. The van der Waals surface area contributed by atoms with Crippen LogP contribution in [0.25, 0.3) is 0 Å². The molecule has 1 saturated heterocycles. The van der Waals surface area contributed by atoms with Crippen LogP contribution in [0.5, 0.6) is 0 Å². The van der Waals surface area contributed by atoms with E-state index < -0.39 is 0 Å². The summed E-state index contributed by atoms with van der Waals surface area (Å²) in [5.74, 6) is 5.23. The van der Waals surface area contributed by atoms with Crippen molar-refractivity contribution in [1.29, 1.82) is 0 Å². The molecule has 0 spiro atoms. The summed E-state index contributed by atoms with van der Waals surface area (Å²) in [7, 11) is 0. The van der Waals surface area contributed by atoms with E-state index in [-0.39, 0.29) is 0 Å². The molecule has 18 heavy (non-hydrogen) atoms. The zero-order valence-electron chi connectivity index (χ0n) is 12.2. The Morgan fingerprint density at radius 3 is 2.33 bits per heavy atom. The van der Waals surface area contributed by atoms with Gasteiger partial charge in [0.2, 0.25) is 0 Å². The van der Waals surface area contributed by atoms with Crippen LogP contribution in [0.1, 0.15) is 64.7 Å². The smallest absolute Gasteiger partial charge is 0.00151 e. The van der Waals surface area contributed by atoms with E-state index in [1.165, 1.54) is 70.9 Å². The van der Waals surface area contributed by atoms with Gasteiger partial charge in [0, 0.05) is 0 Å². The van der Waals surface area contributed by atoms with Crippen molar-refractivity contribution in [2.75, 3.05) is 13.1 Å². The second-order valence-electron chi connectivity index (χ2n) is 7.40. The first-order valence-corrected chi connectivity index (χ1v) is 8.55. The van der Waals surface area contributed by atoms with Crippen molar-refractivity contribution >= 4 is 0 Å². The van der Waals surface area contributed by atoms with Gasteiger partial charge in [0.15, 0.2) is 0 Å². The van der Waals surface area contributed by atoms with Gasteiger partial charge < -0.3 is 5.32 Å². The lowest BCUT2D eigenvalue weighted by Crippen LogP contribution is -2.43. The van der Waals surface area contributed by atoms with Crippen LogP contribution < -0.4 is 5.32 Å². The Labute approximate surface area is 113 Å². The van der Waals surface area contributed by atoms with Crippen molar-refractivity contribution < 1.29 is 0 Å². The monoisotopic (exact) mass is 249 g/mol. The Morgan fingerprint density at radius 1 is 0.778 bits per heavy atom. The zero-order chi connectivity index (χ0) is 12.4. The van der Waals surface area contributed by atoms with Crippen LogP contribution in [0, 0.1) is 29.6 Å². The number of piperidine rings is 1. The van der Waals surface area contributed by atoms with Gasteiger partial charge in [-0.25, -0.2) is 0 Å². The quantitative estimate of drug-likeness (QED) is 0.772. The van der Waals surface area contributed by atoms with Crippen LogP contribution in [-0.4, -0.2) is 13.1 Å². The third kappa shape index (κ3) is 2.76. The van der Waals surface area contributed by atoms with Crippen LogP contribution in [0.15, 0.2) is 0 Å². The van der Waals surface area contributed by atoms with Gasteiger partial charge in [0.05, 0.1) is 0 Å². The molecular weight excluding hydrogens is 218 g/mol. The van der Waals surface area contributed by atoms with Crippen molar-refractivity contribution in [1.82, 2.24) is 5.32 Å². The fourth-order valence-corrected chi connectivity index (χ4v) is 5.26. The normalized spacial score (nSPS) is 43.2. The lowest BCUT2D eigenvalue weighted by Gasteiger charge is -2.43. The van der Waals surface area contributed by atoms with Gasteiger partial charge in [-0.3, -0.25) is 0 Å². The molecule has 3 rings (SSSR count). The van der Waals surface area contributed by atoms with E-state index in [1.54, 1.807) is 0 Å². The molecule has 4 atom stereocenters. The topological polar surface area (TPSA) is 12.0 Å². The maximum Gasteiger partial charge on any atom is -0.00151 e. The van der Waals surface area contributed by atoms with Gasteiger partial charge in [-0.1, -0.05) is 51.9 Å². The van der Waals surface area contributed by atoms with E-state index in [9.17, 15) is 0 Å². The summed E-state index contributed by atoms with van der Waals surface area (Å²) >= 11 is 0. The van der Waals surface area contributed by atoms with Gasteiger partial charge in [-0.2, -0.15) is 0 Å². The highest BCUT2D eigenvalue weighted by atomic mass is 14.9. The van der Waals surface area contributed by atoms with Crippen LogP contribution in [0.2, 0.25) is 0 Å². The number of rotatable bonds is 2. The van der Waals surface area contributed by atoms with Crippen LogP contribution in [0.4, 0.5) is 0 Å². The van der Waals surface area contributed by atoms with Gasteiger partial charge >= 0.3 is 0 Å². The number of hydrogen-bond donors (Lipinski definition) is 1. The van der Waals surface area contributed by atoms with E-state index >= 15 is 0 Å². The Hall–Kier alpha value is -0.0400. The molecule has 0 amide bonds. The van der Waals surface area contributed by atoms with E-state index in [0.29, 0.717) is 0 Å². The van der Waals surface area contributed by atoms with E-state index in [1.807, 2.05) is 0 Å². The van der Waals surface area contributed by atoms with E-state index in [4.69, 9.17) is 0 Å². The fourth-order valence-electron chi connectivity index (χ4n) is 5.26. The molecule has 104 valence electrons. The highest BCUT2D eigenvalue weighted by molar-refractivity contribution is 4.90. The van der Waals surface area contributed by atoms with Gasteiger partial charge in [0.1, 0.15) is 0 Å². The average molecular weight is 249 g/mol. The minimum atomic E-state index is 1.00. The Kier molecular flexibility index (Phi) is 4.28. The molecule has 1 heteroatoms. The first kappa shape index (κ1) is 13.0. The molecule has 3 fully saturated rings. The summed E-state index contributed by atoms with van der Waals surface area (Å²) in [4.78, 5) is 0. The predicted molar refractivity (Wildman–Crippen MR) is 77.5 cm³/mol. The minimum absolute atomic E-state index is 1.00. The fraction of sp³-hybridized carbons (Fsp3) is 1.00. The molecule has 2 aliphatic carbocycles. The SMILES string of the molecule is CC1CCCC(C2CCNCC2C2CCCC2)C1. The van der Waals surface area contributed by atoms with E-state index in [2.05, 4.69) is 12.2 Å². The molecular formula is C17H31N. The number of nitrogens with one attached hydrogen (secondary N) is 1. The first-order chi connectivity index (χ1) is 8.84. The molecule has 0 radical (unpaired) electrons. The third-order valence-electron chi connectivity index (χ3n) is 6.17. The molecule has 0 aromatic heterocycles. The minimum Gasteiger partial charge on any atom is -0.316 e. The molecule has 3 aliphatic rings. The molecule has 1 aliphatic heterocycles.